The van der Waals surface area contributed by atoms with Crippen LogP contribution in [0.4, 0.5) is 13.2 Å². The summed E-state index contributed by atoms with van der Waals surface area (Å²) in [6.07, 6.45) is 1.91. The highest BCUT2D eigenvalue weighted by Gasteiger charge is 2.27. The van der Waals surface area contributed by atoms with Crippen molar-refractivity contribution in [3.63, 3.8) is 0 Å². The van der Waals surface area contributed by atoms with Gasteiger partial charge in [0.2, 0.25) is 0 Å². The number of pyridine rings is 1. The first kappa shape index (κ1) is 15.7. The molecule has 0 aliphatic carbocycles. The summed E-state index contributed by atoms with van der Waals surface area (Å²) in [6.45, 7) is 0.168. The molecule has 0 amide bonds. The van der Waals surface area contributed by atoms with Gasteiger partial charge in [-0.05, 0) is 17.8 Å². The summed E-state index contributed by atoms with van der Waals surface area (Å²) in [6, 6.07) is 1.63. The number of imidazole rings is 1. The standard InChI is InChI=1S/C11H10Cl2F3N3S/c12-2-1-9-18-8-5-7(13)6-17-10(8)19(9)3-4-20-11(14,15)16/h5-6H,1-4H2. The van der Waals surface area contributed by atoms with Crippen LogP contribution in [0.15, 0.2) is 12.3 Å². The summed E-state index contributed by atoms with van der Waals surface area (Å²) < 4.78 is 38.2. The zero-order valence-electron chi connectivity index (χ0n) is 10.1. The minimum absolute atomic E-state index is 0.0651. The summed E-state index contributed by atoms with van der Waals surface area (Å²) >= 11 is 11.5. The number of fused-ring (bicyclic) bond motifs is 1. The first-order chi connectivity index (χ1) is 9.40. The van der Waals surface area contributed by atoms with Gasteiger partial charge >= 0.3 is 5.51 Å². The Labute approximate surface area is 127 Å². The van der Waals surface area contributed by atoms with Crippen molar-refractivity contribution in [2.24, 2.45) is 0 Å². The SMILES string of the molecule is FC(F)(F)SCCn1c(CCCl)nc2cc(Cl)cnc21. The fraction of sp³-hybridized carbons (Fsp3) is 0.455. The van der Waals surface area contributed by atoms with Crippen LogP contribution in [0.3, 0.4) is 0 Å². The molecule has 0 unspecified atom stereocenters. The van der Waals surface area contributed by atoms with Gasteiger partial charge < -0.3 is 4.57 Å². The van der Waals surface area contributed by atoms with E-state index in [1.165, 1.54) is 6.20 Å². The van der Waals surface area contributed by atoms with Gasteiger partial charge in [-0.15, -0.1) is 11.6 Å². The molecule has 0 fully saturated rings. The van der Waals surface area contributed by atoms with Gasteiger partial charge in [0.1, 0.15) is 11.3 Å². The van der Waals surface area contributed by atoms with E-state index in [2.05, 4.69) is 9.97 Å². The van der Waals surface area contributed by atoms with Crippen molar-refractivity contribution in [2.75, 3.05) is 11.6 Å². The quantitative estimate of drug-likeness (QED) is 0.765. The average Bonchev–Trinajstić information content (AvgIpc) is 2.65. The Balaban J connectivity index is 2.26. The maximum Gasteiger partial charge on any atom is 0.441 e. The Morgan fingerprint density at radius 3 is 2.75 bits per heavy atom. The fourth-order valence-electron chi connectivity index (χ4n) is 1.80. The van der Waals surface area contributed by atoms with Crippen LogP contribution in [0.1, 0.15) is 5.82 Å². The number of aromatic nitrogens is 3. The largest absolute Gasteiger partial charge is 0.441 e. The molecule has 0 saturated carbocycles. The normalized spacial score (nSPS) is 12.2. The summed E-state index contributed by atoms with van der Waals surface area (Å²) in [7, 11) is 0. The highest BCUT2D eigenvalue weighted by Crippen LogP contribution is 2.30. The molecule has 0 spiro atoms. The van der Waals surface area contributed by atoms with Gasteiger partial charge in [-0.3, -0.25) is 0 Å². The first-order valence-corrected chi connectivity index (χ1v) is 7.58. The first-order valence-electron chi connectivity index (χ1n) is 5.68. The van der Waals surface area contributed by atoms with Crippen LogP contribution in [-0.4, -0.2) is 31.7 Å². The van der Waals surface area contributed by atoms with Crippen molar-refractivity contribution in [1.82, 2.24) is 14.5 Å². The van der Waals surface area contributed by atoms with E-state index >= 15 is 0 Å². The van der Waals surface area contributed by atoms with E-state index in [4.69, 9.17) is 23.2 Å². The molecule has 2 rings (SSSR count). The molecule has 0 saturated heterocycles. The second-order valence-corrected chi connectivity index (χ2v) is 5.88. The Morgan fingerprint density at radius 2 is 2.10 bits per heavy atom. The van der Waals surface area contributed by atoms with Gasteiger partial charge in [-0.2, -0.15) is 13.2 Å². The lowest BCUT2D eigenvalue weighted by molar-refractivity contribution is -0.0328. The molecule has 0 radical (unpaired) electrons. The van der Waals surface area contributed by atoms with E-state index in [1.54, 1.807) is 10.6 Å². The minimum atomic E-state index is -4.24. The number of aryl methyl sites for hydroxylation is 2. The second-order valence-electron chi connectivity index (χ2n) is 3.91. The summed E-state index contributed by atoms with van der Waals surface area (Å²) in [5, 5.41) is 0.434. The Hall–Kier alpha value is -0.660. The second kappa shape index (κ2) is 6.41. The zero-order chi connectivity index (χ0) is 14.8. The summed E-state index contributed by atoms with van der Waals surface area (Å²) in [4.78, 5) is 8.45. The molecule has 0 aliphatic heterocycles. The van der Waals surface area contributed by atoms with Crippen LogP contribution >= 0.6 is 35.0 Å². The zero-order valence-corrected chi connectivity index (χ0v) is 12.5. The van der Waals surface area contributed by atoms with Crippen LogP contribution in [-0.2, 0) is 13.0 Å². The van der Waals surface area contributed by atoms with Gasteiger partial charge in [-0.1, -0.05) is 11.6 Å². The van der Waals surface area contributed by atoms with E-state index < -0.39 is 5.51 Å². The van der Waals surface area contributed by atoms with E-state index in [-0.39, 0.29) is 24.1 Å². The Bertz CT molecular complexity index is 600. The molecule has 0 atom stereocenters. The monoisotopic (exact) mass is 343 g/mol. The molecule has 20 heavy (non-hydrogen) atoms. The van der Waals surface area contributed by atoms with Crippen molar-refractivity contribution in [3.8, 4) is 0 Å². The number of hydrogen-bond acceptors (Lipinski definition) is 3. The third kappa shape index (κ3) is 3.93. The topological polar surface area (TPSA) is 30.7 Å². The predicted molar refractivity (Wildman–Crippen MR) is 75.5 cm³/mol. The molecular formula is C11H10Cl2F3N3S. The summed E-state index contributed by atoms with van der Waals surface area (Å²) in [5.74, 6) is 0.852. The Morgan fingerprint density at radius 1 is 1.35 bits per heavy atom. The lowest BCUT2D eigenvalue weighted by atomic mass is 10.4. The third-order valence-corrected chi connectivity index (χ3v) is 3.64. The highest BCUT2D eigenvalue weighted by molar-refractivity contribution is 8.00. The summed E-state index contributed by atoms with van der Waals surface area (Å²) in [5.41, 5.74) is -3.15. The molecule has 9 heteroatoms. The average molecular weight is 344 g/mol. The van der Waals surface area contributed by atoms with Crippen molar-refractivity contribution >= 4 is 46.1 Å². The maximum atomic E-state index is 12.2. The molecule has 0 N–H and O–H groups in total. The third-order valence-electron chi connectivity index (χ3n) is 2.53. The van der Waals surface area contributed by atoms with E-state index in [9.17, 15) is 13.2 Å². The van der Waals surface area contributed by atoms with Crippen molar-refractivity contribution in [3.05, 3.63) is 23.1 Å². The molecule has 3 nitrogen and oxygen atoms in total. The predicted octanol–water partition coefficient (Wildman–Crippen LogP) is 4.12. The number of halogens is 5. The van der Waals surface area contributed by atoms with Gasteiger partial charge in [0.05, 0.1) is 5.02 Å². The minimum Gasteiger partial charge on any atom is -0.312 e. The van der Waals surface area contributed by atoms with Crippen molar-refractivity contribution in [2.45, 2.75) is 18.5 Å². The maximum absolute atomic E-state index is 12.2. The lowest BCUT2D eigenvalue weighted by Crippen LogP contribution is -2.10. The Kier molecular flexibility index (Phi) is 5.04. The molecule has 2 aromatic heterocycles. The van der Waals surface area contributed by atoms with Gasteiger partial charge in [0, 0.05) is 30.8 Å². The molecule has 0 aromatic carbocycles. The molecule has 2 heterocycles. The van der Waals surface area contributed by atoms with Crippen LogP contribution in [0.2, 0.25) is 5.02 Å². The van der Waals surface area contributed by atoms with Crippen molar-refractivity contribution < 1.29 is 13.2 Å². The lowest BCUT2D eigenvalue weighted by Gasteiger charge is -2.09. The number of rotatable bonds is 5. The fourth-order valence-corrected chi connectivity index (χ4v) is 2.62. The number of nitrogens with zero attached hydrogens (tertiary/aromatic N) is 3. The highest BCUT2D eigenvalue weighted by atomic mass is 35.5. The smallest absolute Gasteiger partial charge is 0.312 e. The number of alkyl halides is 4. The van der Waals surface area contributed by atoms with Crippen LogP contribution < -0.4 is 0 Å². The molecule has 0 bridgehead atoms. The van der Waals surface area contributed by atoms with Gasteiger partial charge in [0.15, 0.2) is 5.65 Å². The van der Waals surface area contributed by atoms with E-state index in [0.29, 0.717) is 34.3 Å². The van der Waals surface area contributed by atoms with Gasteiger partial charge in [-0.25, -0.2) is 9.97 Å². The molecular weight excluding hydrogens is 334 g/mol. The van der Waals surface area contributed by atoms with Crippen molar-refractivity contribution in [1.29, 1.82) is 0 Å². The van der Waals surface area contributed by atoms with Crippen LogP contribution in [0.25, 0.3) is 11.2 Å². The van der Waals surface area contributed by atoms with Crippen LogP contribution in [0.5, 0.6) is 0 Å². The molecule has 0 aliphatic rings. The van der Waals surface area contributed by atoms with E-state index in [0.717, 1.165) is 0 Å². The van der Waals surface area contributed by atoms with E-state index in [1.807, 2.05) is 0 Å². The van der Waals surface area contributed by atoms with Gasteiger partial charge in [0.25, 0.3) is 0 Å². The number of hydrogen-bond donors (Lipinski definition) is 0. The molecule has 110 valence electrons. The molecule has 2 aromatic rings. The number of thioether (sulfide) groups is 1. The van der Waals surface area contributed by atoms with Crippen LogP contribution in [0, 0.1) is 0 Å².